The van der Waals surface area contributed by atoms with Crippen molar-refractivity contribution in [1.82, 2.24) is 14.4 Å². The van der Waals surface area contributed by atoms with Crippen LogP contribution in [-0.4, -0.2) is 22.8 Å². The number of sulfonamides is 1. The summed E-state index contributed by atoms with van der Waals surface area (Å²) in [5.41, 5.74) is 2.66. The molecule has 3 aromatic heterocycles. The maximum Gasteiger partial charge on any atom is 0.281 e. The Labute approximate surface area is 118 Å². The largest absolute Gasteiger partial charge is 0.306 e. The molecule has 3 heterocycles. The molecule has 0 fully saturated rings. The van der Waals surface area contributed by atoms with E-state index >= 15 is 0 Å². The maximum atomic E-state index is 12.5. The van der Waals surface area contributed by atoms with E-state index in [0.29, 0.717) is 10.6 Å². The van der Waals surface area contributed by atoms with Crippen molar-refractivity contribution in [2.45, 2.75) is 5.03 Å². The number of aromatic nitrogens is 3. The average molecular weight is 310 g/mol. The molecule has 3 aromatic rings. The number of imidazole rings is 1. The summed E-state index contributed by atoms with van der Waals surface area (Å²) < 4.78 is 28.8. The van der Waals surface area contributed by atoms with Crippen molar-refractivity contribution in [2.75, 3.05) is 10.1 Å². The first-order valence-electron chi connectivity index (χ1n) is 5.47. The molecule has 0 saturated heterocycles. The van der Waals surface area contributed by atoms with E-state index in [9.17, 15) is 8.42 Å². The molecule has 0 aromatic carbocycles. The number of fused-ring (bicyclic) bond motifs is 1. The number of rotatable bonds is 4. The molecule has 0 unspecified atom stereocenters. The fourth-order valence-corrected chi connectivity index (χ4v) is 3.81. The van der Waals surface area contributed by atoms with E-state index in [0.717, 1.165) is 0 Å². The number of hydrogen-bond acceptors (Lipinski definition) is 7. The van der Waals surface area contributed by atoms with E-state index in [1.165, 1.54) is 21.9 Å². The average Bonchev–Trinajstić information content (AvgIpc) is 2.98. The van der Waals surface area contributed by atoms with Crippen LogP contribution < -0.4 is 16.0 Å². The molecular formula is C10H10N6O2S2. The number of pyridine rings is 1. The topological polar surface area (TPSA) is 114 Å². The lowest BCUT2D eigenvalue weighted by atomic mass is 10.4. The third-order valence-electron chi connectivity index (χ3n) is 2.52. The van der Waals surface area contributed by atoms with Gasteiger partial charge < -0.3 is 5.43 Å². The quantitative estimate of drug-likeness (QED) is 0.487. The lowest BCUT2D eigenvalue weighted by molar-refractivity contribution is 0.597. The van der Waals surface area contributed by atoms with Gasteiger partial charge in [-0.05, 0) is 12.1 Å². The fraction of sp³-hybridized carbons (Fsp3) is 0. The van der Waals surface area contributed by atoms with Crippen molar-refractivity contribution >= 4 is 37.8 Å². The Morgan fingerprint density at radius 2 is 2.25 bits per heavy atom. The van der Waals surface area contributed by atoms with E-state index in [1.54, 1.807) is 29.9 Å². The lowest BCUT2D eigenvalue weighted by Gasteiger charge is -2.08. The Morgan fingerprint density at radius 1 is 1.40 bits per heavy atom. The van der Waals surface area contributed by atoms with Gasteiger partial charge in [0, 0.05) is 17.8 Å². The van der Waals surface area contributed by atoms with Crippen LogP contribution in [0.1, 0.15) is 0 Å². The standard InChI is InChI=1S/C10H10N6O2S2/c11-14-8-9(16-4-5-19-10(16)13-8)20(17,18)15-7-2-1-3-12-6-7/h1-6,14-15H,11H2. The van der Waals surface area contributed by atoms with Crippen LogP contribution in [0.15, 0.2) is 41.1 Å². The minimum Gasteiger partial charge on any atom is -0.306 e. The Bertz CT molecular complexity index is 839. The van der Waals surface area contributed by atoms with Crippen LogP contribution in [0.25, 0.3) is 4.96 Å². The number of hydrazine groups is 1. The Hall–Kier alpha value is -2.17. The smallest absolute Gasteiger partial charge is 0.281 e. The zero-order valence-electron chi connectivity index (χ0n) is 10.0. The van der Waals surface area contributed by atoms with Crippen LogP contribution in [0.5, 0.6) is 0 Å². The van der Waals surface area contributed by atoms with Gasteiger partial charge in [0.05, 0.1) is 11.9 Å². The molecular weight excluding hydrogens is 300 g/mol. The van der Waals surface area contributed by atoms with Gasteiger partial charge in [-0.25, -0.2) is 5.84 Å². The zero-order chi connectivity index (χ0) is 14.2. The lowest BCUT2D eigenvalue weighted by Crippen LogP contribution is -2.18. The Kier molecular flexibility index (Phi) is 3.04. The summed E-state index contributed by atoms with van der Waals surface area (Å²) in [6, 6.07) is 3.24. The molecule has 10 heteroatoms. The van der Waals surface area contributed by atoms with Crippen LogP contribution in [-0.2, 0) is 10.0 Å². The first-order chi connectivity index (χ1) is 9.62. The van der Waals surface area contributed by atoms with E-state index in [1.807, 2.05) is 0 Å². The van der Waals surface area contributed by atoms with Gasteiger partial charge in [0.25, 0.3) is 10.0 Å². The summed E-state index contributed by atoms with van der Waals surface area (Å²) in [6.45, 7) is 0. The van der Waals surface area contributed by atoms with Gasteiger partial charge in [-0.2, -0.15) is 13.4 Å². The number of nitrogens with one attached hydrogen (secondary N) is 2. The third-order valence-corrected chi connectivity index (χ3v) is 4.68. The Morgan fingerprint density at radius 3 is 2.95 bits per heavy atom. The second-order valence-corrected chi connectivity index (χ2v) is 6.28. The van der Waals surface area contributed by atoms with Crippen molar-refractivity contribution in [3.63, 3.8) is 0 Å². The van der Waals surface area contributed by atoms with Gasteiger partial charge in [-0.3, -0.25) is 14.1 Å². The van der Waals surface area contributed by atoms with Crippen molar-refractivity contribution in [3.8, 4) is 0 Å². The van der Waals surface area contributed by atoms with E-state index in [2.05, 4.69) is 20.1 Å². The van der Waals surface area contributed by atoms with Crippen molar-refractivity contribution < 1.29 is 8.42 Å². The molecule has 0 bridgehead atoms. The second kappa shape index (κ2) is 4.74. The molecule has 20 heavy (non-hydrogen) atoms. The van der Waals surface area contributed by atoms with Crippen molar-refractivity contribution in [3.05, 3.63) is 36.1 Å². The molecule has 0 amide bonds. The number of hydrogen-bond donors (Lipinski definition) is 3. The highest BCUT2D eigenvalue weighted by molar-refractivity contribution is 7.92. The van der Waals surface area contributed by atoms with Crippen LogP contribution in [0, 0.1) is 0 Å². The molecule has 104 valence electrons. The summed E-state index contributed by atoms with van der Waals surface area (Å²) in [5, 5.41) is 1.70. The number of thiazole rings is 1. The van der Waals surface area contributed by atoms with E-state index in [4.69, 9.17) is 5.84 Å². The van der Waals surface area contributed by atoms with Crippen molar-refractivity contribution in [2.24, 2.45) is 5.84 Å². The minimum absolute atomic E-state index is 0.0416. The van der Waals surface area contributed by atoms with Crippen LogP contribution >= 0.6 is 11.3 Å². The molecule has 0 spiro atoms. The predicted molar refractivity (Wildman–Crippen MR) is 75.9 cm³/mol. The van der Waals surface area contributed by atoms with Gasteiger partial charge in [0.1, 0.15) is 0 Å². The molecule has 4 N–H and O–H groups in total. The molecule has 0 aliphatic heterocycles. The highest BCUT2D eigenvalue weighted by atomic mass is 32.2. The molecule has 0 aliphatic carbocycles. The number of nitrogen functional groups attached to an aromatic ring is 1. The molecule has 8 nitrogen and oxygen atoms in total. The van der Waals surface area contributed by atoms with Crippen LogP contribution in [0.2, 0.25) is 0 Å². The molecule has 3 rings (SSSR count). The summed E-state index contributed by atoms with van der Waals surface area (Å²) in [6.07, 6.45) is 4.59. The fourth-order valence-electron chi connectivity index (χ4n) is 1.74. The second-order valence-electron chi connectivity index (χ2n) is 3.81. The monoisotopic (exact) mass is 310 g/mol. The molecule has 0 atom stereocenters. The maximum absolute atomic E-state index is 12.5. The highest BCUT2D eigenvalue weighted by Crippen LogP contribution is 2.26. The summed E-state index contributed by atoms with van der Waals surface area (Å²) >= 11 is 1.31. The zero-order valence-corrected chi connectivity index (χ0v) is 11.6. The van der Waals surface area contributed by atoms with Gasteiger partial charge >= 0.3 is 0 Å². The minimum atomic E-state index is -3.83. The molecule has 0 radical (unpaired) electrons. The van der Waals surface area contributed by atoms with Crippen LogP contribution in [0.4, 0.5) is 11.5 Å². The number of nitrogens with two attached hydrogens (primary N) is 1. The van der Waals surface area contributed by atoms with Crippen molar-refractivity contribution in [1.29, 1.82) is 0 Å². The highest BCUT2D eigenvalue weighted by Gasteiger charge is 2.25. The first kappa shape index (κ1) is 12.8. The first-order valence-corrected chi connectivity index (χ1v) is 7.83. The van der Waals surface area contributed by atoms with Gasteiger partial charge in [0.2, 0.25) is 5.03 Å². The normalized spacial score (nSPS) is 11.7. The number of anilines is 2. The number of nitrogens with zero attached hydrogens (tertiary/aromatic N) is 3. The predicted octanol–water partition coefficient (Wildman–Crippen LogP) is 0.877. The summed E-state index contributed by atoms with van der Waals surface area (Å²) in [7, 11) is -3.83. The van der Waals surface area contributed by atoms with E-state index in [-0.39, 0.29) is 10.8 Å². The SMILES string of the molecule is NNc1nc2sccn2c1S(=O)(=O)Nc1cccnc1. The van der Waals surface area contributed by atoms with Gasteiger partial charge in [0.15, 0.2) is 10.8 Å². The van der Waals surface area contributed by atoms with Gasteiger partial charge in [-0.15, -0.1) is 11.3 Å². The summed E-state index contributed by atoms with van der Waals surface area (Å²) in [4.78, 5) is 8.50. The van der Waals surface area contributed by atoms with E-state index < -0.39 is 10.0 Å². The third kappa shape index (κ3) is 2.09. The molecule has 0 saturated carbocycles. The summed E-state index contributed by atoms with van der Waals surface area (Å²) in [5.74, 6) is 5.43. The Balaban J connectivity index is 2.11. The van der Waals surface area contributed by atoms with Gasteiger partial charge in [-0.1, -0.05) is 0 Å². The molecule has 0 aliphatic rings. The van der Waals surface area contributed by atoms with Crippen LogP contribution in [0.3, 0.4) is 0 Å².